The summed E-state index contributed by atoms with van der Waals surface area (Å²) < 4.78 is 8.35. The number of aromatic nitrogens is 2. The minimum Gasteiger partial charge on any atom is -0.486 e. The molecule has 1 N–H and O–H groups in total. The summed E-state index contributed by atoms with van der Waals surface area (Å²) >= 11 is 3.52. The van der Waals surface area contributed by atoms with Gasteiger partial charge in [0.2, 0.25) is 0 Å². The van der Waals surface area contributed by atoms with Crippen molar-refractivity contribution in [2.45, 2.75) is 26.9 Å². The van der Waals surface area contributed by atoms with Gasteiger partial charge in [-0.1, -0.05) is 18.6 Å². The quantitative estimate of drug-likeness (QED) is 0.896. The van der Waals surface area contributed by atoms with Crippen LogP contribution in [0.1, 0.15) is 34.2 Å². The normalized spacial score (nSPS) is 10.7. The molecule has 1 aromatic carbocycles. The highest BCUT2D eigenvalue weighted by molar-refractivity contribution is 9.10. The van der Waals surface area contributed by atoms with Gasteiger partial charge in [-0.3, -0.25) is 4.68 Å². The van der Waals surface area contributed by atoms with E-state index in [1.165, 1.54) is 0 Å². The Morgan fingerprint density at radius 3 is 2.76 bits per heavy atom. The lowest BCUT2D eigenvalue weighted by Gasteiger charge is -2.10. The van der Waals surface area contributed by atoms with E-state index in [-0.39, 0.29) is 12.2 Å². The molecule has 0 atom stereocenters. The number of hydrogen-bond acceptors (Lipinski definition) is 3. The van der Waals surface area contributed by atoms with Gasteiger partial charge in [0.15, 0.2) is 0 Å². The number of benzene rings is 1. The van der Waals surface area contributed by atoms with Crippen LogP contribution in [0.3, 0.4) is 0 Å². The van der Waals surface area contributed by atoms with E-state index in [0.717, 1.165) is 27.8 Å². The van der Waals surface area contributed by atoms with Gasteiger partial charge in [-0.15, -0.1) is 0 Å². The Bertz CT molecular complexity index is 680. The molecule has 0 saturated carbocycles. The summed E-state index contributed by atoms with van der Waals surface area (Å²) in [5, 5.41) is 13.6. The largest absolute Gasteiger partial charge is 0.486 e. The molecule has 0 bridgehead atoms. The van der Waals surface area contributed by atoms with Gasteiger partial charge in [-0.2, -0.15) is 5.10 Å². The highest BCUT2D eigenvalue weighted by atomic mass is 79.9. The van der Waals surface area contributed by atoms with Crippen molar-refractivity contribution in [2.75, 3.05) is 0 Å². The van der Waals surface area contributed by atoms with Crippen LogP contribution in [-0.2, 0) is 20.1 Å². The maximum atomic E-state index is 11.3. The van der Waals surface area contributed by atoms with Crippen molar-refractivity contribution in [2.24, 2.45) is 7.05 Å². The molecule has 1 heterocycles. The fraction of sp³-hybridized carbons (Fsp3) is 0.333. The molecule has 0 radical (unpaired) electrons. The Morgan fingerprint density at radius 2 is 2.19 bits per heavy atom. The highest BCUT2D eigenvalue weighted by Crippen LogP contribution is 2.25. The van der Waals surface area contributed by atoms with Crippen LogP contribution in [0.25, 0.3) is 0 Å². The number of carbonyl (C=O) groups is 1. The van der Waals surface area contributed by atoms with Crippen molar-refractivity contribution in [3.63, 3.8) is 0 Å². The number of carboxylic acids is 1. The van der Waals surface area contributed by atoms with E-state index in [1.807, 2.05) is 27.0 Å². The Balaban J connectivity index is 2.25. The summed E-state index contributed by atoms with van der Waals surface area (Å²) in [7, 11) is 1.84. The van der Waals surface area contributed by atoms with E-state index in [1.54, 1.807) is 16.8 Å². The molecule has 0 aliphatic rings. The van der Waals surface area contributed by atoms with Gasteiger partial charge in [0.25, 0.3) is 0 Å². The first-order valence-electron chi connectivity index (χ1n) is 6.61. The van der Waals surface area contributed by atoms with Crippen molar-refractivity contribution < 1.29 is 14.6 Å². The molecule has 0 unspecified atom stereocenters. The van der Waals surface area contributed by atoms with E-state index < -0.39 is 5.97 Å². The molecule has 112 valence electrons. The third kappa shape index (κ3) is 3.26. The molecule has 1 aromatic heterocycles. The van der Waals surface area contributed by atoms with Crippen LogP contribution >= 0.6 is 15.9 Å². The standard InChI is InChI=1S/C15H17BrN2O3/c1-4-11-14(16)12(18(3)17-11)8-21-13-6-5-9(2)7-10(13)15(19)20/h5-7H,4,8H2,1-3H3,(H,19,20). The molecule has 0 saturated heterocycles. The summed E-state index contributed by atoms with van der Waals surface area (Å²) in [6, 6.07) is 5.12. The second-order valence-corrected chi connectivity index (χ2v) is 5.57. The minimum absolute atomic E-state index is 0.170. The first-order valence-corrected chi connectivity index (χ1v) is 7.40. The number of nitrogens with zero attached hydrogens (tertiary/aromatic N) is 2. The number of hydrogen-bond donors (Lipinski definition) is 1. The molecule has 5 nitrogen and oxygen atoms in total. The molecule has 0 spiro atoms. The number of aromatic carboxylic acids is 1. The topological polar surface area (TPSA) is 64.4 Å². The monoisotopic (exact) mass is 352 g/mol. The van der Waals surface area contributed by atoms with Crippen LogP contribution in [0.2, 0.25) is 0 Å². The molecule has 6 heteroatoms. The predicted molar refractivity (Wildman–Crippen MR) is 82.8 cm³/mol. The SMILES string of the molecule is CCc1nn(C)c(COc2ccc(C)cc2C(=O)O)c1Br. The summed E-state index contributed by atoms with van der Waals surface area (Å²) in [6.07, 6.45) is 0.819. The average molecular weight is 353 g/mol. The van der Waals surface area contributed by atoms with Crippen molar-refractivity contribution in [3.05, 3.63) is 45.2 Å². The second kappa shape index (κ2) is 6.30. The van der Waals surface area contributed by atoms with Gasteiger partial charge >= 0.3 is 5.97 Å². The van der Waals surface area contributed by atoms with E-state index in [4.69, 9.17) is 4.74 Å². The lowest BCUT2D eigenvalue weighted by molar-refractivity contribution is 0.0691. The maximum Gasteiger partial charge on any atom is 0.339 e. The summed E-state index contributed by atoms with van der Waals surface area (Å²) in [4.78, 5) is 11.3. The van der Waals surface area contributed by atoms with Gasteiger partial charge < -0.3 is 9.84 Å². The van der Waals surface area contributed by atoms with Crippen LogP contribution in [0.5, 0.6) is 5.75 Å². The van der Waals surface area contributed by atoms with Crippen molar-refractivity contribution >= 4 is 21.9 Å². The molecular weight excluding hydrogens is 336 g/mol. The number of ether oxygens (including phenoxy) is 1. The first-order chi connectivity index (χ1) is 9.93. The van der Waals surface area contributed by atoms with Crippen LogP contribution in [0, 0.1) is 6.92 Å². The molecule has 0 aliphatic carbocycles. The van der Waals surface area contributed by atoms with Crippen LogP contribution in [0.4, 0.5) is 0 Å². The fourth-order valence-electron chi connectivity index (χ4n) is 2.06. The predicted octanol–water partition coefficient (Wildman–Crippen LogP) is 3.33. The molecule has 0 aliphatic heterocycles. The fourth-order valence-corrected chi connectivity index (χ4v) is 2.79. The molecule has 21 heavy (non-hydrogen) atoms. The number of rotatable bonds is 5. The Labute approximate surface area is 131 Å². The molecule has 2 aromatic rings. The third-order valence-electron chi connectivity index (χ3n) is 3.23. The number of carboxylic acid groups (broad SMARTS) is 1. The molecule has 0 fully saturated rings. The summed E-state index contributed by atoms with van der Waals surface area (Å²) in [6.45, 7) is 4.13. The zero-order valence-corrected chi connectivity index (χ0v) is 13.8. The van der Waals surface area contributed by atoms with Gasteiger partial charge in [-0.25, -0.2) is 4.79 Å². The van der Waals surface area contributed by atoms with Gasteiger partial charge in [0, 0.05) is 7.05 Å². The second-order valence-electron chi connectivity index (χ2n) is 4.78. The van der Waals surface area contributed by atoms with Crippen molar-refractivity contribution in [1.29, 1.82) is 0 Å². The Morgan fingerprint density at radius 1 is 1.48 bits per heavy atom. The number of halogens is 1. The van der Waals surface area contributed by atoms with Gasteiger partial charge in [0.1, 0.15) is 17.9 Å². The number of aryl methyl sites for hydroxylation is 3. The van der Waals surface area contributed by atoms with E-state index in [2.05, 4.69) is 21.0 Å². The van der Waals surface area contributed by atoms with Gasteiger partial charge in [0.05, 0.1) is 15.9 Å². The Kier molecular flexibility index (Phi) is 4.67. The zero-order chi connectivity index (χ0) is 15.6. The Hall–Kier alpha value is -1.82. The van der Waals surface area contributed by atoms with E-state index in [9.17, 15) is 9.90 Å². The molecular formula is C15H17BrN2O3. The van der Waals surface area contributed by atoms with Crippen LogP contribution in [-0.4, -0.2) is 20.9 Å². The highest BCUT2D eigenvalue weighted by Gasteiger charge is 2.16. The lowest BCUT2D eigenvalue weighted by atomic mass is 10.1. The van der Waals surface area contributed by atoms with Crippen molar-refractivity contribution in [1.82, 2.24) is 9.78 Å². The zero-order valence-electron chi connectivity index (χ0n) is 12.2. The van der Waals surface area contributed by atoms with Crippen LogP contribution < -0.4 is 4.74 Å². The maximum absolute atomic E-state index is 11.3. The minimum atomic E-state index is -0.994. The third-order valence-corrected chi connectivity index (χ3v) is 4.15. The summed E-state index contributed by atoms with van der Waals surface area (Å²) in [5.74, 6) is -0.633. The van der Waals surface area contributed by atoms with Crippen LogP contribution in [0.15, 0.2) is 22.7 Å². The smallest absolute Gasteiger partial charge is 0.339 e. The lowest BCUT2D eigenvalue weighted by Crippen LogP contribution is -2.07. The van der Waals surface area contributed by atoms with E-state index in [0.29, 0.717) is 5.75 Å². The summed E-state index contributed by atoms with van der Waals surface area (Å²) in [5.41, 5.74) is 2.89. The van der Waals surface area contributed by atoms with Crippen molar-refractivity contribution in [3.8, 4) is 5.75 Å². The molecule has 0 amide bonds. The molecule has 2 rings (SSSR count). The van der Waals surface area contributed by atoms with E-state index >= 15 is 0 Å². The first kappa shape index (κ1) is 15.6. The van der Waals surface area contributed by atoms with Gasteiger partial charge in [-0.05, 0) is 41.4 Å². The average Bonchev–Trinajstić information content (AvgIpc) is 2.72.